The van der Waals surface area contributed by atoms with E-state index in [1.54, 1.807) is 11.3 Å². The Balaban J connectivity index is 2.71. The van der Waals surface area contributed by atoms with Crippen molar-refractivity contribution in [2.24, 2.45) is 0 Å². The van der Waals surface area contributed by atoms with E-state index in [0.29, 0.717) is 0 Å². The van der Waals surface area contributed by atoms with Gasteiger partial charge in [-0.15, -0.1) is 11.3 Å². The summed E-state index contributed by atoms with van der Waals surface area (Å²) in [6, 6.07) is 4.12. The summed E-state index contributed by atoms with van der Waals surface area (Å²) >= 11 is 7.91. The number of rotatable bonds is 0. The van der Waals surface area contributed by atoms with Gasteiger partial charge in [-0.2, -0.15) is 0 Å². The Morgan fingerprint density at radius 1 is 1.27 bits per heavy atom. The van der Waals surface area contributed by atoms with Crippen molar-refractivity contribution in [2.75, 3.05) is 0 Å². The van der Waals surface area contributed by atoms with Crippen LogP contribution in [0.2, 0.25) is 5.02 Å². The highest BCUT2D eigenvalue weighted by Gasteiger charge is 2.19. The minimum absolute atomic E-state index is 0.0981. The van der Waals surface area contributed by atoms with Crippen LogP contribution in [0, 0.1) is 6.92 Å². The molecule has 0 radical (unpaired) electrons. The van der Waals surface area contributed by atoms with Crippen LogP contribution in [0.15, 0.2) is 12.1 Å². The maximum Gasteiger partial charge on any atom is 0.100 e. The lowest BCUT2D eigenvalue weighted by atomic mass is 9.98. The van der Waals surface area contributed by atoms with Crippen molar-refractivity contribution in [1.29, 1.82) is 0 Å². The van der Waals surface area contributed by atoms with Crippen LogP contribution < -0.4 is 0 Å². The van der Waals surface area contributed by atoms with Crippen molar-refractivity contribution < 1.29 is 0 Å². The highest BCUT2D eigenvalue weighted by atomic mass is 35.5. The van der Waals surface area contributed by atoms with Crippen molar-refractivity contribution in [3.8, 4) is 0 Å². The van der Waals surface area contributed by atoms with Crippen LogP contribution in [0.4, 0.5) is 0 Å². The van der Waals surface area contributed by atoms with Gasteiger partial charge in [-0.1, -0.05) is 32.4 Å². The molecule has 0 saturated carbocycles. The van der Waals surface area contributed by atoms with Gasteiger partial charge < -0.3 is 0 Å². The van der Waals surface area contributed by atoms with Crippen molar-refractivity contribution in [2.45, 2.75) is 33.1 Å². The molecule has 0 atom stereocenters. The largest absolute Gasteiger partial charge is 0.239 e. The Bertz CT molecular complexity index is 508. The Morgan fingerprint density at radius 2 is 1.93 bits per heavy atom. The second kappa shape index (κ2) is 3.46. The lowest BCUT2D eigenvalue weighted by Crippen LogP contribution is -2.09. The van der Waals surface area contributed by atoms with E-state index in [4.69, 9.17) is 11.6 Å². The standard InChI is InChI=1S/C12H14ClNS/c1-7-5-8(13)10-9(6-7)15-11(14-10)12(2,3)4/h5-6H,1-4H3. The van der Waals surface area contributed by atoms with E-state index in [1.165, 1.54) is 10.3 Å². The number of halogens is 1. The molecule has 0 N–H and O–H groups in total. The SMILES string of the molecule is Cc1cc(Cl)c2nc(C(C)(C)C)sc2c1. The van der Waals surface area contributed by atoms with E-state index in [9.17, 15) is 0 Å². The average molecular weight is 240 g/mol. The Hall–Kier alpha value is -0.600. The molecule has 0 aliphatic rings. The van der Waals surface area contributed by atoms with E-state index in [1.807, 2.05) is 6.07 Å². The lowest BCUT2D eigenvalue weighted by molar-refractivity contribution is 0.587. The van der Waals surface area contributed by atoms with Gasteiger partial charge in [-0.25, -0.2) is 4.98 Å². The fraction of sp³-hybridized carbons (Fsp3) is 0.417. The molecule has 0 bridgehead atoms. The summed E-state index contributed by atoms with van der Waals surface area (Å²) in [6.07, 6.45) is 0. The predicted molar refractivity (Wildman–Crippen MR) is 68.1 cm³/mol. The number of aromatic nitrogens is 1. The number of nitrogens with zero attached hydrogens (tertiary/aromatic N) is 1. The maximum absolute atomic E-state index is 6.17. The Kier molecular flexibility index (Phi) is 2.52. The van der Waals surface area contributed by atoms with Crippen molar-refractivity contribution >= 4 is 33.2 Å². The van der Waals surface area contributed by atoms with E-state index in [2.05, 4.69) is 38.7 Å². The van der Waals surface area contributed by atoms with Gasteiger partial charge in [0.25, 0.3) is 0 Å². The van der Waals surface area contributed by atoms with E-state index in [-0.39, 0.29) is 5.41 Å². The third-order valence-corrected chi connectivity index (χ3v) is 3.95. The molecule has 1 nitrogen and oxygen atoms in total. The molecule has 80 valence electrons. The van der Waals surface area contributed by atoms with Gasteiger partial charge >= 0.3 is 0 Å². The minimum Gasteiger partial charge on any atom is -0.239 e. The summed E-state index contributed by atoms with van der Waals surface area (Å²) in [5.74, 6) is 0. The number of hydrogen-bond donors (Lipinski definition) is 0. The topological polar surface area (TPSA) is 12.9 Å². The molecule has 15 heavy (non-hydrogen) atoms. The normalized spacial score (nSPS) is 12.3. The molecule has 1 aromatic carbocycles. The molecule has 3 heteroatoms. The zero-order chi connectivity index (χ0) is 11.2. The van der Waals surface area contributed by atoms with Crippen LogP contribution in [0.5, 0.6) is 0 Å². The number of thiazole rings is 1. The zero-order valence-corrected chi connectivity index (χ0v) is 11.0. The molecule has 0 amide bonds. The summed E-state index contributed by atoms with van der Waals surface area (Å²) in [5, 5.41) is 1.90. The third kappa shape index (κ3) is 2.01. The van der Waals surface area contributed by atoms with Crippen LogP contribution in [-0.4, -0.2) is 4.98 Å². The first-order chi connectivity index (χ1) is 6.88. The van der Waals surface area contributed by atoms with Crippen molar-refractivity contribution in [3.05, 3.63) is 27.7 Å². The first kappa shape index (κ1) is 10.9. The van der Waals surface area contributed by atoms with Crippen molar-refractivity contribution in [1.82, 2.24) is 4.98 Å². The minimum atomic E-state index is 0.0981. The molecule has 1 heterocycles. The third-order valence-electron chi connectivity index (χ3n) is 2.23. The van der Waals surface area contributed by atoms with Gasteiger partial charge in [0, 0.05) is 5.41 Å². The van der Waals surface area contributed by atoms with Gasteiger partial charge in [0.1, 0.15) is 5.52 Å². The summed E-state index contributed by atoms with van der Waals surface area (Å²) in [5.41, 5.74) is 2.23. The van der Waals surface area contributed by atoms with Gasteiger partial charge in [0.2, 0.25) is 0 Å². The number of benzene rings is 1. The quantitative estimate of drug-likeness (QED) is 0.657. The molecule has 0 spiro atoms. The van der Waals surface area contributed by atoms with E-state index < -0.39 is 0 Å². The molecule has 0 aliphatic heterocycles. The van der Waals surface area contributed by atoms with Crippen LogP contribution in [-0.2, 0) is 5.41 Å². The molecular weight excluding hydrogens is 226 g/mol. The molecule has 1 aromatic heterocycles. The van der Waals surface area contributed by atoms with Crippen LogP contribution in [0.1, 0.15) is 31.3 Å². The Morgan fingerprint density at radius 3 is 2.53 bits per heavy atom. The maximum atomic E-state index is 6.17. The predicted octanol–water partition coefficient (Wildman–Crippen LogP) is 4.56. The van der Waals surface area contributed by atoms with Gasteiger partial charge in [-0.05, 0) is 24.6 Å². The summed E-state index contributed by atoms with van der Waals surface area (Å²) < 4.78 is 1.19. The summed E-state index contributed by atoms with van der Waals surface area (Å²) in [4.78, 5) is 4.61. The number of aryl methyl sites for hydroxylation is 1. The van der Waals surface area contributed by atoms with E-state index in [0.717, 1.165) is 15.5 Å². The second-order valence-electron chi connectivity index (χ2n) is 4.86. The van der Waals surface area contributed by atoms with Crippen molar-refractivity contribution in [3.63, 3.8) is 0 Å². The zero-order valence-electron chi connectivity index (χ0n) is 9.39. The van der Waals surface area contributed by atoms with Gasteiger partial charge in [-0.3, -0.25) is 0 Å². The number of hydrogen-bond acceptors (Lipinski definition) is 2. The smallest absolute Gasteiger partial charge is 0.100 e. The molecule has 2 rings (SSSR count). The average Bonchev–Trinajstić information content (AvgIpc) is 2.46. The summed E-state index contributed by atoms with van der Waals surface area (Å²) in [6.45, 7) is 8.57. The molecule has 0 fully saturated rings. The highest BCUT2D eigenvalue weighted by Crippen LogP contribution is 2.34. The van der Waals surface area contributed by atoms with Crippen LogP contribution >= 0.6 is 22.9 Å². The molecule has 0 saturated heterocycles. The van der Waals surface area contributed by atoms with Gasteiger partial charge in [0.15, 0.2) is 0 Å². The van der Waals surface area contributed by atoms with Crippen LogP contribution in [0.25, 0.3) is 10.2 Å². The second-order valence-corrected chi connectivity index (χ2v) is 6.30. The fourth-order valence-corrected chi connectivity index (χ4v) is 2.96. The molecule has 0 unspecified atom stereocenters. The summed E-state index contributed by atoms with van der Waals surface area (Å²) in [7, 11) is 0. The Labute approximate surface area is 99.1 Å². The first-order valence-corrected chi connectivity index (χ1v) is 6.14. The molecule has 2 aromatic rings. The first-order valence-electron chi connectivity index (χ1n) is 4.95. The molecular formula is C12H14ClNS. The monoisotopic (exact) mass is 239 g/mol. The number of fused-ring (bicyclic) bond motifs is 1. The van der Waals surface area contributed by atoms with Gasteiger partial charge in [0.05, 0.1) is 14.7 Å². The highest BCUT2D eigenvalue weighted by molar-refractivity contribution is 7.18. The van der Waals surface area contributed by atoms with E-state index >= 15 is 0 Å². The lowest BCUT2D eigenvalue weighted by Gasteiger charge is -2.13. The fourth-order valence-electron chi connectivity index (χ4n) is 1.44. The van der Waals surface area contributed by atoms with Crippen LogP contribution in [0.3, 0.4) is 0 Å². The molecule has 0 aliphatic carbocycles.